The van der Waals surface area contributed by atoms with E-state index in [0.717, 1.165) is 28.7 Å². The van der Waals surface area contributed by atoms with Gasteiger partial charge in [-0.3, -0.25) is 20.4 Å². The lowest BCUT2D eigenvalue weighted by atomic mass is 10.2. The summed E-state index contributed by atoms with van der Waals surface area (Å²) in [7, 11) is 0. The van der Waals surface area contributed by atoms with Gasteiger partial charge in [-0.25, -0.2) is 0 Å². The Morgan fingerprint density at radius 1 is 0.933 bits per heavy atom. The van der Waals surface area contributed by atoms with Crippen LogP contribution in [-0.4, -0.2) is 18.4 Å². The molecule has 5 nitrogen and oxygen atoms in total. The largest absolute Gasteiger partial charge is 0.494 e. The number of thiophene rings is 1. The van der Waals surface area contributed by atoms with Gasteiger partial charge in [0.15, 0.2) is 0 Å². The van der Waals surface area contributed by atoms with E-state index in [4.69, 9.17) is 16.3 Å². The molecule has 0 bridgehead atoms. The van der Waals surface area contributed by atoms with Gasteiger partial charge >= 0.3 is 0 Å². The Labute approximate surface area is 185 Å². The van der Waals surface area contributed by atoms with E-state index in [1.165, 1.54) is 30.6 Å². The Hall–Kier alpha value is -2.57. The summed E-state index contributed by atoms with van der Waals surface area (Å²) in [6.45, 7) is 2.86. The van der Waals surface area contributed by atoms with Crippen LogP contribution in [0.2, 0.25) is 5.02 Å². The molecular weight excluding hydrogens is 420 g/mol. The Balaban J connectivity index is 1.48. The molecule has 0 aliphatic carbocycles. The first kappa shape index (κ1) is 22.1. The highest BCUT2D eigenvalue weighted by atomic mass is 35.5. The molecule has 0 fully saturated rings. The molecule has 0 saturated carbocycles. The van der Waals surface area contributed by atoms with Crippen molar-refractivity contribution in [3.05, 3.63) is 64.0 Å². The molecule has 30 heavy (non-hydrogen) atoms. The van der Waals surface area contributed by atoms with E-state index in [1.54, 1.807) is 24.3 Å². The van der Waals surface area contributed by atoms with Gasteiger partial charge in [0.1, 0.15) is 10.6 Å². The molecule has 0 aliphatic rings. The van der Waals surface area contributed by atoms with Gasteiger partial charge in [-0.05, 0) is 36.8 Å². The molecule has 1 aromatic heterocycles. The number of hydrazine groups is 1. The average Bonchev–Trinajstić information content (AvgIpc) is 3.11. The van der Waals surface area contributed by atoms with Gasteiger partial charge < -0.3 is 4.74 Å². The fourth-order valence-corrected chi connectivity index (χ4v) is 4.41. The second-order valence-corrected chi connectivity index (χ2v) is 8.37. The number of halogens is 1. The molecule has 1 heterocycles. The van der Waals surface area contributed by atoms with Crippen LogP contribution >= 0.6 is 22.9 Å². The maximum Gasteiger partial charge on any atom is 0.281 e. The number of carbonyl (C=O) groups excluding carboxylic acids is 2. The van der Waals surface area contributed by atoms with Gasteiger partial charge in [0, 0.05) is 15.6 Å². The van der Waals surface area contributed by atoms with Crippen molar-refractivity contribution >= 4 is 44.8 Å². The van der Waals surface area contributed by atoms with Crippen LogP contribution in [0.5, 0.6) is 5.75 Å². The number of ether oxygens (including phenoxy) is 1. The standard InChI is InChI=1S/C23H25ClN2O3S/c1-2-3-4-5-8-15-29-17-13-11-16(12-14-17)22(27)25-26-23(28)21-20(24)18-9-6-7-10-19(18)30-21/h6-7,9-14H,2-5,8,15H2,1H3,(H,25,27)(H,26,28). The summed E-state index contributed by atoms with van der Waals surface area (Å²) in [5, 5.41) is 1.21. The number of benzene rings is 2. The molecule has 2 amide bonds. The smallest absolute Gasteiger partial charge is 0.281 e. The van der Waals surface area contributed by atoms with Gasteiger partial charge in [-0.2, -0.15) is 0 Å². The first-order valence-corrected chi connectivity index (χ1v) is 11.3. The van der Waals surface area contributed by atoms with E-state index in [2.05, 4.69) is 17.8 Å². The predicted octanol–water partition coefficient (Wildman–Crippen LogP) is 5.98. The van der Waals surface area contributed by atoms with E-state index >= 15 is 0 Å². The second-order valence-electron chi connectivity index (χ2n) is 6.94. The summed E-state index contributed by atoms with van der Waals surface area (Å²) in [5.74, 6) is -0.132. The average molecular weight is 445 g/mol. The molecule has 2 aromatic carbocycles. The minimum Gasteiger partial charge on any atom is -0.494 e. The predicted molar refractivity (Wildman–Crippen MR) is 122 cm³/mol. The van der Waals surface area contributed by atoms with Crippen molar-refractivity contribution in [1.29, 1.82) is 0 Å². The number of hydrogen-bond donors (Lipinski definition) is 2. The first-order valence-electron chi connectivity index (χ1n) is 10.1. The molecule has 0 atom stereocenters. The van der Waals surface area contributed by atoms with Crippen LogP contribution in [0.4, 0.5) is 0 Å². The number of nitrogens with one attached hydrogen (secondary N) is 2. The van der Waals surface area contributed by atoms with Gasteiger partial charge in [0.2, 0.25) is 0 Å². The van der Waals surface area contributed by atoms with Gasteiger partial charge in [0.05, 0.1) is 11.6 Å². The molecule has 0 radical (unpaired) electrons. The van der Waals surface area contributed by atoms with Crippen LogP contribution in [0.25, 0.3) is 10.1 Å². The fraction of sp³-hybridized carbons (Fsp3) is 0.304. The topological polar surface area (TPSA) is 67.4 Å². The Bertz CT molecular complexity index is 1000. The van der Waals surface area contributed by atoms with Crippen LogP contribution in [-0.2, 0) is 0 Å². The van der Waals surface area contributed by atoms with E-state index in [0.29, 0.717) is 22.1 Å². The number of carbonyl (C=O) groups is 2. The summed E-state index contributed by atoms with van der Waals surface area (Å²) in [5.41, 5.74) is 5.28. The molecule has 0 saturated heterocycles. The van der Waals surface area contributed by atoms with E-state index in [1.807, 2.05) is 24.3 Å². The van der Waals surface area contributed by atoms with E-state index in [-0.39, 0.29) is 0 Å². The zero-order valence-electron chi connectivity index (χ0n) is 16.9. The molecule has 0 aliphatic heterocycles. The zero-order chi connectivity index (χ0) is 21.3. The maximum absolute atomic E-state index is 12.4. The summed E-state index contributed by atoms with van der Waals surface area (Å²) < 4.78 is 6.62. The number of fused-ring (bicyclic) bond motifs is 1. The highest BCUT2D eigenvalue weighted by Gasteiger charge is 2.17. The Morgan fingerprint density at radius 3 is 2.37 bits per heavy atom. The lowest BCUT2D eigenvalue weighted by Crippen LogP contribution is -2.41. The van der Waals surface area contributed by atoms with E-state index in [9.17, 15) is 9.59 Å². The van der Waals surface area contributed by atoms with Crippen molar-refractivity contribution < 1.29 is 14.3 Å². The van der Waals surface area contributed by atoms with Crippen LogP contribution in [0.3, 0.4) is 0 Å². The SMILES string of the molecule is CCCCCCCOc1ccc(C(=O)NNC(=O)c2sc3ccccc3c2Cl)cc1. The Kier molecular flexibility index (Phi) is 8.11. The normalized spacial score (nSPS) is 10.7. The monoisotopic (exact) mass is 444 g/mol. The van der Waals surface area contributed by atoms with Gasteiger partial charge in [0.25, 0.3) is 11.8 Å². The molecule has 0 spiro atoms. The lowest BCUT2D eigenvalue weighted by Gasteiger charge is -2.09. The second kappa shape index (κ2) is 11.0. The third-order valence-electron chi connectivity index (χ3n) is 4.66. The maximum atomic E-state index is 12.4. The fourth-order valence-electron chi connectivity index (χ4n) is 3.00. The highest BCUT2D eigenvalue weighted by molar-refractivity contribution is 7.21. The van der Waals surface area contributed by atoms with Crippen LogP contribution in [0.15, 0.2) is 48.5 Å². The molecular formula is C23H25ClN2O3S. The van der Waals surface area contributed by atoms with Crippen molar-refractivity contribution in [2.75, 3.05) is 6.61 Å². The minimum absolute atomic E-state index is 0.362. The lowest BCUT2D eigenvalue weighted by molar-refractivity contribution is 0.0849. The Morgan fingerprint density at radius 2 is 1.63 bits per heavy atom. The number of amides is 2. The molecule has 3 aromatic rings. The zero-order valence-corrected chi connectivity index (χ0v) is 18.4. The van der Waals surface area contributed by atoms with Gasteiger partial charge in [-0.1, -0.05) is 62.4 Å². The van der Waals surface area contributed by atoms with Crippen molar-refractivity contribution in [1.82, 2.24) is 10.9 Å². The van der Waals surface area contributed by atoms with E-state index < -0.39 is 11.8 Å². The molecule has 0 unspecified atom stereocenters. The number of hydrogen-bond acceptors (Lipinski definition) is 4. The van der Waals surface area contributed by atoms with Crippen molar-refractivity contribution in [2.24, 2.45) is 0 Å². The molecule has 2 N–H and O–H groups in total. The van der Waals surface area contributed by atoms with Crippen molar-refractivity contribution in [3.8, 4) is 5.75 Å². The van der Waals surface area contributed by atoms with Crippen molar-refractivity contribution in [3.63, 3.8) is 0 Å². The third-order valence-corrected chi connectivity index (χ3v) is 6.34. The number of unbranched alkanes of at least 4 members (excludes halogenated alkanes) is 4. The minimum atomic E-state index is -0.447. The van der Waals surface area contributed by atoms with Crippen LogP contribution in [0, 0.1) is 0 Å². The molecule has 158 valence electrons. The summed E-state index contributed by atoms with van der Waals surface area (Å²) in [6, 6.07) is 14.4. The molecule has 3 rings (SSSR count). The number of rotatable bonds is 9. The molecule has 7 heteroatoms. The summed E-state index contributed by atoms with van der Waals surface area (Å²) in [6.07, 6.45) is 5.90. The highest BCUT2D eigenvalue weighted by Crippen LogP contribution is 2.34. The van der Waals surface area contributed by atoms with Crippen molar-refractivity contribution in [2.45, 2.75) is 39.0 Å². The summed E-state index contributed by atoms with van der Waals surface area (Å²) in [4.78, 5) is 25.1. The first-order chi connectivity index (χ1) is 14.6. The summed E-state index contributed by atoms with van der Waals surface area (Å²) >= 11 is 7.58. The third kappa shape index (κ3) is 5.74. The quantitative estimate of drug-likeness (QED) is 0.315. The van der Waals surface area contributed by atoms with Crippen LogP contribution in [0.1, 0.15) is 59.1 Å². The van der Waals surface area contributed by atoms with Crippen LogP contribution < -0.4 is 15.6 Å². The van der Waals surface area contributed by atoms with Gasteiger partial charge in [-0.15, -0.1) is 11.3 Å².